The van der Waals surface area contributed by atoms with Crippen molar-refractivity contribution in [2.24, 2.45) is 5.41 Å². The van der Waals surface area contributed by atoms with Gasteiger partial charge < -0.3 is 28.7 Å². The molecule has 0 unspecified atom stereocenters. The molecule has 1 saturated carbocycles. The summed E-state index contributed by atoms with van der Waals surface area (Å²) in [5.41, 5.74) is 2.72. The average Bonchev–Trinajstić information content (AvgIpc) is 3.27. The second-order valence-electron chi connectivity index (χ2n) is 12.0. The normalized spacial score (nSPS) is 23.4. The molecule has 4 heterocycles. The molecule has 226 valence electrons. The number of rotatable bonds is 9. The minimum absolute atomic E-state index is 0.0478. The van der Waals surface area contributed by atoms with Crippen molar-refractivity contribution in [3.63, 3.8) is 0 Å². The molecule has 2 aliphatic heterocycles. The quantitative estimate of drug-likeness (QED) is 0.199. The maximum Gasteiger partial charge on any atom is 0.335 e. The summed E-state index contributed by atoms with van der Waals surface area (Å²) < 4.78 is 25.5. The van der Waals surface area contributed by atoms with Crippen LogP contribution >= 0.6 is 34.5 Å². The number of thiazole rings is 1. The molecule has 3 fully saturated rings. The predicted molar refractivity (Wildman–Crippen MR) is 165 cm³/mol. The fourth-order valence-electron chi connectivity index (χ4n) is 6.14. The second-order valence-corrected chi connectivity index (χ2v) is 13.9. The highest BCUT2D eigenvalue weighted by Crippen LogP contribution is 2.49. The van der Waals surface area contributed by atoms with E-state index in [2.05, 4.69) is 17.0 Å². The molecule has 4 aromatic rings. The summed E-state index contributed by atoms with van der Waals surface area (Å²) in [4.78, 5) is 18.9. The Morgan fingerprint density at radius 1 is 1.26 bits per heavy atom. The summed E-state index contributed by atoms with van der Waals surface area (Å²) in [6.45, 7) is 8.13. The molecule has 9 nitrogen and oxygen atoms in total. The monoisotopic (exact) mass is 643 g/mol. The molecule has 2 aromatic carbocycles. The van der Waals surface area contributed by atoms with Gasteiger partial charge >= 0.3 is 5.97 Å². The van der Waals surface area contributed by atoms with Gasteiger partial charge in [-0.15, -0.1) is 0 Å². The topological polar surface area (TPSA) is 107 Å². The largest absolute Gasteiger partial charge is 0.489 e. The number of hydrogen-bond acceptors (Lipinski definition) is 9. The van der Waals surface area contributed by atoms with Crippen molar-refractivity contribution in [1.82, 2.24) is 10.1 Å². The van der Waals surface area contributed by atoms with E-state index in [1.165, 1.54) is 11.3 Å². The molecule has 3 aliphatic rings. The third-order valence-corrected chi connectivity index (χ3v) is 10.3. The lowest BCUT2D eigenvalue weighted by atomic mass is 9.83. The Kier molecular flexibility index (Phi) is 7.33. The van der Waals surface area contributed by atoms with Crippen LogP contribution in [-0.4, -0.2) is 59.2 Å². The van der Waals surface area contributed by atoms with Gasteiger partial charge in [-0.3, -0.25) is 0 Å². The van der Waals surface area contributed by atoms with Crippen LogP contribution in [0.4, 0.5) is 5.13 Å². The lowest BCUT2D eigenvalue weighted by Gasteiger charge is -2.29. The Morgan fingerprint density at radius 3 is 2.72 bits per heavy atom. The van der Waals surface area contributed by atoms with Crippen molar-refractivity contribution in [2.45, 2.75) is 64.4 Å². The van der Waals surface area contributed by atoms with Crippen LogP contribution in [-0.2, 0) is 16.1 Å². The maximum atomic E-state index is 11.8. The number of benzene rings is 2. The smallest absolute Gasteiger partial charge is 0.335 e. The van der Waals surface area contributed by atoms with Crippen LogP contribution in [0.2, 0.25) is 10.0 Å². The van der Waals surface area contributed by atoms with E-state index in [9.17, 15) is 9.90 Å². The van der Waals surface area contributed by atoms with Crippen LogP contribution in [0.5, 0.6) is 5.75 Å². The van der Waals surface area contributed by atoms with E-state index in [0.29, 0.717) is 64.8 Å². The number of aromatic carboxylic acids is 1. The standard InChI is InChI=1S/C31H31Cl2N3O6S/c1-15(2)41-21-9-17(29(37)38)10-22-27(21)34-30(43-22)36-11-23-31(3,14-36)24(13-40-23)39-12-18-26(35-42-28(18)16-7-8-16)25-19(32)5-4-6-20(25)33/h4-6,9-10,15-16,23-24H,7-8,11-14H2,1-3H3,(H,37,38)/t23-,24-,31+/m0/s1. The van der Waals surface area contributed by atoms with Gasteiger partial charge in [0.25, 0.3) is 0 Å². The van der Waals surface area contributed by atoms with Crippen molar-refractivity contribution in [2.75, 3.05) is 24.6 Å². The third kappa shape index (κ3) is 5.17. The zero-order chi connectivity index (χ0) is 30.0. The molecule has 43 heavy (non-hydrogen) atoms. The summed E-state index contributed by atoms with van der Waals surface area (Å²) in [7, 11) is 0. The van der Waals surface area contributed by atoms with Crippen LogP contribution < -0.4 is 9.64 Å². The molecule has 7 rings (SSSR count). The van der Waals surface area contributed by atoms with Gasteiger partial charge in [0.05, 0.1) is 51.8 Å². The van der Waals surface area contributed by atoms with E-state index in [0.717, 1.165) is 34.0 Å². The first-order valence-corrected chi connectivity index (χ1v) is 15.9. The number of aromatic nitrogens is 2. The van der Waals surface area contributed by atoms with Crippen LogP contribution in [0.25, 0.3) is 21.5 Å². The molecule has 1 N–H and O–H groups in total. The lowest BCUT2D eigenvalue weighted by molar-refractivity contribution is -0.0117. The molecule has 3 atom stereocenters. The summed E-state index contributed by atoms with van der Waals surface area (Å²) in [6, 6.07) is 8.61. The third-order valence-electron chi connectivity index (χ3n) is 8.56. The first-order valence-electron chi connectivity index (χ1n) is 14.4. The number of halogens is 2. The molecule has 0 amide bonds. The Morgan fingerprint density at radius 2 is 2.02 bits per heavy atom. The molecular weight excluding hydrogens is 613 g/mol. The Balaban J connectivity index is 1.14. The number of fused-ring (bicyclic) bond motifs is 2. The Labute approximate surface area is 262 Å². The van der Waals surface area contributed by atoms with E-state index >= 15 is 0 Å². The summed E-state index contributed by atoms with van der Waals surface area (Å²) in [5, 5.41) is 15.9. The number of carboxylic acids is 1. The second kappa shape index (κ2) is 10.9. The average molecular weight is 645 g/mol. The van der Waals surface area contributed by atoms with Crippen LogP contribution in [0.3, 0.4) is 0 Å². The van der Waals surface area contributed by atoms with E-state index < -0.39 is 5.97 Å². The molecule has 0 bridgehead atoms. The summed E-state index contributed by atoms with van der Waals surface area (Å²) in [6.07, 6.45) is 1.77. The number of anilines is 1. The first-order chi connectivity index (χ1) is 20.6. The molecule has 0 radical (unpaired) electrons. The predicted octanol–water partition coefficient (Wildman–Crippen LogP) is 7.43. The van der Waals surface area contributed by atoms with Crippen LogP contribution in [0.15, 0.2) is 34.9 Å². The van der Waals surface area contributed by atoms with E-state index in [1.807, 2.05) is 19.9 Å². The number of nitrogens with zero attached hydrogens (tertiary/aromatic N) is 3. The highest BCUT2D eigenvalue weighted by molar-refractivity contribution is 7.22. The van der Waals surface area contributed by atoms with Crippen molar-refractivity contribution in [1.29, 1.82) is 0 Å². The van der Waals surface area contributed by atoms with Gasteiger partial charge in [-0.05, 0) is 51.0 Å². The lowest BCUT2D eigenvalue weighted by Crippen LogP contribution is -2.39. The van der Waals surface area contributed by atoms with Gasteiger partial charge in [0.15, 0.2) is 5.13 Å². The Hall–Kier alpha value is -2.89. The molecule has 2 saturated heterocycles. The molecular formula is C31H31Cl2N3O6S. The zero-order valence-corrected chi connectivity index (χ0v) is 26.3. The Bertz CT molecular complexity index is 1700. The molecule has 0 spiro atoms. The zero-order valence-electron chi connectivity index (χ0n) is 23.9. The molecule has 1 aliphatic carbocycles. The number of carboxylic acid groups (broad SMARTS) is 1. The van der Waals surface area contributed by atoms with Gasteiger partial charge in [0.1, 0.15) is 22.7 Å². The van der Waals surface area contributed by atoms with E-state index in [1.54, 1.807) is 24.3 Å². The fourth-order valence-corrected chi connectivity index (χ4v) is 7.75. The highest BCUT2D eigenvalue weighted by atomic mass is 35.5. The van der Waals surface area contributed by atoms with E-state index in [-0.39, 0.29) is 29.3 Å². The molecule has 2 aromatic heterocycles. The van der Waals surface area contributed by atoms with Crippen molar-refractivity contribution in [3.8, 4) is 17.0 Å². The van der Waals surface area contributed by atoms with Gasteiger partial charge in [-0.25, -0.2) is 9.78 Å². The van der Waals surface area contributed by atoms with Crippen LogP contribution in [0, 0.1) is 5.41 Å². The van der Waals surface area contributed by atoms with Gasteiger partial charge in [-0.2, -0.15) is 0 Å². The van der Waals surface area contributed by atoms with Crippen molar-refractivity contribution < 1.29 is 28.6 Å². The van der Waals surface area contributed by atoms with E-state index in [4.69, 9.17) is 46.9 Å². The van der Waals surface area contributed by atoms with Crippen LogP contribution in [0.1, 0.15) is 61.2 Å². The number of hydrogen-bond donors (Lipinski definition) is 1. The SMILES string of the molecule is CC(C)Oc1cc(C(=O)O)cc2sc(N3C[C@@H]4OC[C@H](OCc5c(-c6c(Cl)cccc6Cl)noc5C5CC5)[C@]4(C)C3)nc12. The minimum Gasteiger partial charge on any atom is -0.489 e. The maximum absolute atomic E-state index is 11.8. The van der Waals surface area contributed by atoms with Gasteiger partial charge in [0.2, 0.25) is 0 Å². The van der Waals surface area contributed by atoms with Crippen molar-refractivity contribution in [3.05, 3.63) is 57.3 Å². The molecule has 12 heteroatoms. The highest BCUT2D eigenvalue weighted by Gasteiger charge is 2.55. The first kappa shape index (κ1) is 28.9. The summed E-state index contributed by atoms with van der Waals surface area (Å²) in [5.74, 6) is 0.649. The van der Waals surface area contributed by atoms with Crippen molar-refractivity contribution >= 4 is 55.9 Å². The fraction of sp³-hybridized carbons (Fsp3) is 0.452. The number of ether oxygens (including phenoxy) is 3. The number of carbonyl (C=O) groups is 1. The van der Waals surface area contributed by atoms with Gasteiger partial charge in [-0.1, -0.05) is 52.7 Å². The minimum atomic E-state index is -1.00. The van der Waals surface area contributed by atoms with Gasteiger partial charge in [0, 0.05) is 35.5 Å². The summed E-state index contributed by atoms with van der Waals surface area (Å²) >= 11 is 14.6.